The number of carboxylic acid groups (broad SMARTS) is 2. The second-order valence-corrected chi connectivity index (χ2v) is 4.04. The van der Waals surface area contributed by atoms with Crippen molar-refractivity contribution in [1.82, 2.24) is 0 Å². The standard InChI is InChI=1S/C13H16O5/c1-2-3-7-10(14)8-5-4-6-9(12(15)16)11(8)13(17)18/h4-6,10,14H,2-3,7H2,1H3,(H,15,16)(H,17,18). The molecule has 0 amide bonds. The summed E-state index contributed by atoms with van der Waals surface area (Å²) in [6.07, 6.45) is 1.09. The van der Waals surface area contributed by atoms with Crippen LogP contribution in [0.25, 0.3) is 0 Å². The van der Waals surface area contributed by atoms with Crippen LogP contribution < -0.4 is 0 Å². The fourth-order valence-electron chi connectivity index (χ4n) is 1.82. The Hall–Kier alpha value is -1.88. The molecule has 1 unspecified atom stereocenters. The smallest absolute Gasteiger partial charge is 0.336 e. The van der Waals surface area contributed by atoms with Crippen LogP contribution in [-0.2, 0) is 0 Å². The molecule has 1 aromatic rings. The molecule has 0 radical (unpaired) electrons. The highest BCUT2D eigenvalue weighted by molar-refractivity contribution is 6.02. The third-order valence-corrected chi connectivity index (χ3v) is 2.73. The summed E-state index contributed by atoms with van der Waals surface area (Å²) in [6, 6.07) is 4.12. The molecule has 0 saturated carbocycles. The Bertz CT molecular complexity index is 453. The second kappa shape index (κ2) is 6.16. The average Bonchev–Trinajstić information content (AvgIpc) is 2.34. The second-order valence-electron chi connectivity index (χ2n) is 4.04. The highest BCUT2D eigenvalue weighted by Gasteiger charge is 2.23. The molecule has 5 nitrogen and oxygen atoms in total. The summed E-state index contributed by atoms with van der Waals surface area (Å²) in [7, 11) is 0. The summed E-state index contributed by atoms with van der Waals surface area (Å²) in [6.45, 7) is 1.96. The maximum absolute atomic E-state index is 11.2. The third kappa shape index (κ3) is 3.07. The first-order chi connectivity index (χ1) is 8.49. The fourth-order valence-corrected chi connectivity index (χ4v) is 1.82. The summed E-state index contributed by atoms with van der Waals surface area (Å²) in [4.78, 5) is 22.1. The van der Waals surface area contributed by atoms with E-state index in [2.05, 4.69) is 0 Å². The average molecular weight is 252 g/mol. The highest BCUT2D eigenvalue weighted by Crippen LogP contribution is 2.25. The van der Waals surface area contributed by atoms with E-state index < -0.39 is 18.0 Å². The van der Waals surface area contributed by atoms with E-state index in [4.69, 9.17) is 10.2 Å². The SMILES string of the molecule is CCCCC(O)c1cccc(C(=O)O)c1C(=O)O. The van der Waals surface area contributed by atoms with E-state index in [1.807, 2.05) is 6.92 Å². The van der Waals surface area contributed by atoms with Gasteiger partial charge >= 0.3 is 11.9 Å². The monoisotopic (exact) mass is 252 g/mol. The van der Waals surface area contributed by atoms with E-state index in [1.165, 1.54) is 18.2 Å². The van der Waals surface area contributed by atoms with Crippen LogP contribution in [0.4, 0.5) is 0 Å². The molecule has 1 atom stereocenters. The maximum Gasteiger partial charge on any atom is 0.336 e. The molecule has 0 fully saturated rings. The zero-order chi connectivity index (χ0) is 13.7. The van der Waals surface area contributed by atoms with Crippen LogP contribution in [0.2, 0.25) is 0 Å². The van der Waals surface area contributed by atoms with Gasteiger partial charge in [-0.3, -0.25) is 0 Å². The van der Waals surface area contributed by atoms with Gasteiger partial charge in [-0.1, -0.05) is 31.9 Å². The van der Waals surface area contributed by atoms with Crippen molar-refractivity contribution in [3.05, 3.63) is 34.9 Å². The third-order valence-electron chi connectivity index (χ3n) is 2.73. The molecule has 0 aromatic heterocycles. The molecule has 0 saturated heterocycles. The normalized spacial score (nSPS) is 12.1. The van der Waals surface area contributed by atoms with E-state index in [-0.39, 0.29) is 16.7 Å². The van der Waals surface area contributed by atoms with Crippen LogP contribution in [0.15, 0.2) is 18.2 Å². The fraction of sp³-hybridized carbons (Fsp3) is 0.385. The molecule has 0 aliphatic heterocycles. The highest BCUT2D eigenvalue weighted by atomic mass is 16.4. The zero-order valence-corrected chi connectivity index (χ0v) is 10.1. The zero-order valence-electron chi connectivity index (χ0n) is 10.1. The largest absolute Gasteiger partial charge is 0.478 e. The minimum Gasteiger partial charge on any atom is -0.478 e. The van der Waals surface area contributed by atoms with Crippen molar-refractivity contribution in [2.24, 2.45) is 0 Å². The molecule has 5 heteroatoms. The minimum absolute atomic E-state index is 0.163. The predicted octanol–water partition coefficient (Wildman–Crippen LogP) is 2.31. The molecule has 98 valence electrons. The number of unbranched alkanes of at least 4 members (excludes halogenated alkanes) is 1. The molecule has 0 aliphatic rings. The number of aliphatic hydroxyl groups is 1. The van der Waals surface area contributed by atoms with Crippen molar-refractivity contribution in [3.8, 4) is 0 Å². The number of aromatic carboxylic acids is 2. The molecule has 1 aromatic carbocycles. The number of carbonyl (C=O) groups is 2. The Morgan fingerprint density at radius 1 is 1.22 bits per heavy atom. The van der Waals surface area contributed by atoms with E-state index in [9.17, 15) is 14.7 Å². The first-order valence-corrected chi connectivity index (χ1v) is 5.76. The molecule has 1 rings (SSSR count). The van der Waals surface area contributed by atoms with E-state index in [1.54, 1.807) is 0 Å². The summed E-state index contributed by atoms with van der Waals surface area (Å²) in [5.41, 5.74) is -0.458. The number of benzene rings is 1. The van der Waals surface area contributed by atoms with Crippen LogP contribution in [0.5, 0.6) is 0 Å². The Balaban J connectivity index is 3.22. The Morgan fingerprint density at radius 2 is 1.89 bits per heavy atom. The van der Waals surface area contributed by atoms with Gasteiger partial charge in [-0.25, -0.2) is 9.59 Å². The van der Waals surface area contributed by atoms with Crippen LogP contribution >= 0.6 is 0 Å². The molecule has 18 heavy (non-hydrogen) atoms. The summed E-state index contributed by atoms with van der Waals surface area (Å²) < 4.78 is 0. The molecule has 0 aliphatic carbocycles. The van der Waals surface area contributed by atoms with Gasteiger partial charge in [0.2, 0.25) is 0 Å². The quantitative estimate of drug-likeness (QED) is 0.722. The predicted molar refractivity (Wildman–Crippen MR) is 64.8 cm³/mol. The van der Waals surface area contributed by atoms with Gasteiger partial charge in [0.15, 0.2) is 0 Å². The van der Waals surface area contributed by atoms with Gasteiger partial charge in [-0.2, -0.15) is 0 Å². The van der Waals surface area contributed by atoms with Gasteiger partial charge in [-0.15, -0.1) is 0 Å². The van der Waals surface area contributed by atoms with Crippen LogP contribution in [0.1, 0.15) is 58.6 Å². The van der Waals surface area contributed by atoms with Crippen molar-refractivity contribution in [2.45, 2.75) is 32.3 Å². The van der Waals surface area contributed by atoms with Crippen molar-refractivity contribution in [1.29, 1.82) is 0 Å². The lowest BCUT2D eigenvalue weighted by atomic mass is 9.94. The summed E-state index contributed by atoms with van der Waals surface area (Å²) in [5, 5.41) is 28.0. The van der Waals surface area contributed by atoms with Crippen LogP contribution in [0.3, 0.4) is 0 Å². The molecule has 0 bridgehead atoms. The topological polar surface area (TPSA) is 94.8 Å². The lowest BCUT2D eigenvalue weighted by Crippen LogP contribution is -2.13. The summed E-state index contributed by atoms with van der Waals surface area (Å²) in [5.74, 6) is -2.64. The molecular formula is C13H16O5. The van der Waals surface area contributed by atoms with Crippen molar-refractivity contribution in [2.75, 3.05) is 0 Å². The van der Waals surface area contributed by atoms with E-state index in [0.717, 1.165) is 12.8 Å². The summed E-state index contributed by atoms with van der Waals surface area (Å²) >= 11 is 0. The van der Waals surface area contributed by atoms with Crippen molar-refractivity contribution < 1.29 is 24.9 Å². The number of rotatable bonds is 6. The van der Waals surface area contributed by atoms with Crippen LogP contribution in [0, 0.1) is 0 Å². The first-order valence-electron chi connectivity index (χ1n) is 5.76. The number of aliphatic hydroxyl groups excluding tert-OH is 1. The Labute approximate surface area is 105 Å². The van der Waals surface area contributed by atoms with Crippen molar-refractivity contribution >= 4 is 11.9 Å². The molecule has 3 N–H and O–H groups in total. The Morgan fingerprint density at radius 3 is 2.39 bits per heavy atom. The van der Waals surface area contributed by atoms with E-state index >= 15 is 0 Å². The molecule has 0 spiro atoms. The maximum atomic E-state index is 11.2. The number of carboxylic acids is 2. The molecular weight excluding hydrogens is 236 g/mol. The lowest BCUT2D eigenvalue weighted by Gasteiger charge is -2.14. The number of hydrogen-bond donors (Lipinski definition) is 3. The van der Waals surface area contributed by atoms with Crippen molar-refractivity contribution in [3.63, 3.8) is 0 Å². The van der Waals surface area contributed by atoms with Crippen LogP contribution in [-0.4, -0.2) is 27.3 Å². The lowest BCUT2D eigenvalue weighted by molar-refractivity contribution is 0.0645. The van der Waals surface area contributed by atoms with E-state index in [0.29, 0.717) is 6.42 Å². The number of hydrogen-bond acceptors (Lipinski definition) is 3. The van der Waals surface area contributed by atoms with Gasteiger partial charge in [0.25, 0.3) is 0 Å². The minimum atomic E-state index is -1.33. The van der Waals surface area contributed by atoms with Gasteiger partial charge in [0, 0.05) is 0 Å². The molecule has 0 heterocycles. The van der Waals surface area contributed by atoms with Gasteiger partial charge in [0.1, 0.15) is 0 Å². The van der Waals surface area contributed by atoms with Gasteiger partial charge in [0.05, 0.1) is 17.2 Å². The van der Waals surface area contributed by atoms with Gasteiger partial charge < -0.3 is 15.3 Å². The Kier molecular flexibility index (Phi) is 4.85. The van der Waals surface area contributed by atoms with Gasteiger partial charge in [-0.05, 0) is 18.1 Å². The first kappa shape index (κ1) is 14.2.